The van der Waals surface area contributed by atoms with Crippen LogP contribution < -0.4 is 0 Å². The number of aliphatic hydroxyl groups is 1. The average Bonchev–Trinajstić information content (AvgIpc) is 2.30. The van der Waals surface area contributed by atoms with E-state index in [4.69, 9.17) is 4.74 Å². The van der Waals surface area contributed by atoms with Gasteiger partial charge in [-0.2, -0.15) is 0 Å². The predicted octanol–water partition coefficient (Wildman–Crippen LogP) is 3.17. The fourth-order valence-corrected chi connectivity index (χ4v) is 1.77. The number of rotatable bonds is 8. The zero-order valence-corrected chi connectivity index (χ0v) is 10.5. The van der Waals surface area contributed by atoms with E-state index in [2.05, 4.69) is 25.6 Å². The molecule has 1 rings (SSSR count). The molecule has 0 fully saturated rings. The Morgan fingerprint density at radius 2 is 2.06 bits per heavy atom. The first-order valence-electron chi connectivity index (χ1n) is 6.13. The summed E-state index contributed by atoms with van der Waals surface area (Å²) in [5.74, 6) is 0.369. The summed E-state index contributed by atoms with van der Waals surface area (Å²) >= 11 is 0. The zero-order valence-electron chi connectivity index (χ0n) is 10.5. The van der Waals surface area contributed by atoms with Crippen LogP contribution in [0.4, 0.5) is 0 Å². The lowest BCUT2D eigenvalue weighted by molar-refractivity contribution is 0.0659. The Hall–Kier alpha value is -1.12. The molecule has 0 amide bonds. The van der Waals surface area contributed by atoms with Crippen LogP contribution in [0.5, 0.6) is 0 Å². The number of hydrogen-bond acceptors (Lipinski definition) is 2. The van der Waals surface area contributed by atoms with Crippen LogP contribution in [0, 0.1) is 5.92 Å². The van der Waals surface area contributed by atoms with Crippen LogP contribution >= 0.6 is 0 Å². The van der Waals surface area contributed by atoms with Gasteiger partial charge in [-0.1, -0.05) is 43.3 Å². The Morgan fingerprint density at radius 1 is 1.35 bits per heavy atom. The summed E-state index contributed by atoms with van der Waals surface area (Å²) in [6, 6.07) is 10.1. The van der Waals surface area contributed by atoms with Crippen molar-refractivity contribution in [3.63, 3.8) is 0 Å². The Bertz CT molecular complexity index is 308. The van der Waals surface area contributed by atoms with Gasteiger partial charge in [0.15, 0.2) is 0 Å². The minimum atomic E-state index is -0.289. The molecule has 2 atom stereocenters. The third-order valence-electron chi connectivity index (χ3n) is 2.63. The summed E-state index contributed by atoms with van der Waals surface area (Å²) in [4.78, 5) is 0. The third-order valence-corrected chi connectivity index (χ3v) is 2.63. The van der Waals surface area contributed by atoms with E-state index in [0.29, 0.717) is 25.6 Å². The quantitative estimate of drug-likeness (QED) is 0.700. The summed E-state index contributed by atoms with van der Waals surface area (Å²) in [5.41, 5.74) is 1.19. The van der Waals surface area contributed by atoms with E-state index in [0.717, 1.165) is 6.42 Å². The minimum absolute atomic E-state index is 0.289. The number of ether oxygens (including phenoxy) is 1. The molecule has 17 heavy (non-hydrogen) atoms. The van der Waals surface area contributed by atoms with Gasteiger partial charge in [0.2, 0.25) is 0 Å². The average molecular weight is 234 g/mol. The van der Waals surface area contributed by atoms with Gasteiger partial charge in [-0.05, 0) is 24.3 Å². The second-order valence-corrected chi connectivity index (χ2v) is 4.52. The summed E-state index contributed by atoms with van der Waals surface area (Å²) in [6.45, 7) is 7.04. The molecule has 0 aliphatic heterocycles. The van der Waals surface area contributed by atoms with Crippen molar-refractivity contribution in [2.45, 2.75) is 32.5 Å². The van der Waals surface area contributed by atoms with E-state index >= 15 is 0 Å². The van der Waals surface area contributed by atoms with Gasteiger partial charge in [-0.25, -0.2) is 0 Å². The highest BCUT2D eigenvalue weighted by atomic mass is 16.5. The molecule has 0 spiro atoms. The fraction of sp³-hybridized carbons (Fsp3) is 0.467. The first-order chi connectivity index (χ1) is 8.22. The van der Waals surface area contributed by atoms with E-state index < -0.39 is 0 Å². The molecule has 0 heterocycles. The van der Waals surface area contributed by atoms with Crippen LogP contribution in [-0.4, -0.2) is 17.8 Å². The zero-order chi connectivity index (χ0) is 12.5. The van der Waals surface area contributed by atoms with Crippen molar-refractivity contribution < 1.29 is 9.84 Å². The van der Waals surface area contributed by atoms with Gasteiger partial charge in [-0.3, -0.25) is 0 Å². The van der Waals surface area contributed by atoms with E-state index in [1.54, 1.807) is 6.08 Å². The van der Waals surface area contributed by atoms with Gasteiger partial charge in [0.05, 0.1) is 12.7 Å². The van der Waals surface area contributed by atoms with Gasteiger partial charge in [-0.15, -0.1) is 6.58 Å². The highest BCUT2D eigenvalue weighted by Gasteiger charge is 2.09. The van der Waals surface area contributed by atoms with Gasteiger partial charge in [0.1, 0.15) is 0 Å². The van der Waals surface area contributed by atoms with Crippen molar-refractivity contribution in [2.24, 2.45) is 5.92 Å². The van der Waals surface area contributed by atoms with Gasteiger partial charge in [0.25, 0.3) is 0 Å². The number of aliphatic hydroxyl groups excluding tert-OH is 1. The first kappa shape index (κ1) is 13.9. The highest BCUT2D eigenvalue weighted by molar-refractivity contribution is 5.13. The number of hydrogen-bond donors (Lipinski definition) is 1. The van der Waals surface area contributed by atoms with Crippen LogP contribution in [0.3, 0.4) is 0 Å². The maximum Gasteiger partial charge on any atom is 0.0717 e. The van der Waals surface area contributed by atoms with Gasteiger partial charge in [0, 0.05) is 6.61 Å². The van der Waals surface area contributed by atoms with E-state index in [9.17, 15) is 5.11 Å². The molecule has 0 aliphatic carbocycles. The lowest BCUT2D eigenvalue weighted by atomic mass is 10.0. The molecule has 1 aromatic carbocycles. The lowest BCUT2D eigenvalue weighted by Crippen LogP contribution is -2.15. The highest BCUT2D eigenvalue weighted by Crippen LogP contribution is 2.10. The van der Waals surface area contributed by atoms with Gasteiger partial charge < -0.3 is 9.84 Å². The molecular weight excluding hydrogens is 212 g/mol. The Balaban J connectivity index is 2.16. The Labute approximate surface area is 104 Å². The van der Waals surface area contributed by atoms with Crippen LogP contribution in [0.1, 0.15) is 25.3 Å². The first-order valence-corrected chi connectivity index (χ1v) is 6.13. The maximum absolute atomic E-state index is 9.61. The van der Waals surface area contributed by atoms with Crippen molar-refractivity contribution in [1.82, 2.24) is 0 Å². The molecule has 2 heteroatoms. The van der Waals surface area contributed by atoms with E-state index in [1.165, 1.54) is 5.56 Å². The van der Waals surface area contributed by atoms with Crippen molar-refractivity contribution in [2.75, 3.05) is 6.61 Å². The standard InChI is InChI=1S/C15H22O2/c1-3-7-15(16)10-13(2)11-17-12-14-8-5-4-6-9-14/h3-6,8-9,13,15-16H,1,7,10-12H2,2H3/t13-,15-/m0/s1. The van der Waals surface area contributed by atoms with Gasteiger partial charge >= 0.3 is 0 Å². The molecule has 0 unspecified atom stereocenters. The normalized spacial score (nSPS) is 14.2. The summed E-state index contributed by atoms with van der Waals surface area (Å²) < 4.78 is 5.62. The van der Waals surface area contributed by atoms with Crippen molar-refractivity contribution >= 4 is 0 Å². The summed E-state index contributed by atoms with van der Waals surface area (Å²) in [5, 5.41) is 9.61. The van der Waals surface area contributed by atoms with Crippen LogP contribution in [0.15, 0.2) is 43.0 Å². The Morgan fingerprint density at radius 3 is 2.71 bits per heavy atom. The van der Waals surface area contributed by atoms with E-state index in [1.807, 2.05) is 18.2 Å². The molecule has 0 saturated heterocycles. The molecule has 0 radical (unpaired) electrons. The second-order valence-electron chi connectivity index (χ2n) is 4.52. The molecule has 1 aromatic rings. The lowest BCUT2D eigenvalue weighted by Gasteiger charge is -2.15. The predicted molar refractivity (Wildman–Crippen MR) is 70.7 cm³/mol. The van der Waals surface area contributed by atoms with Crippen LogP contribution in [0.25, 0.3) is 0 Å². The van der Waals surface area contributed by atoms with Crippen LogP contribution in [-0.2, 0) is 11.3 Å². The third kappa shape index (κ3) is 6.25. The topological polar surface area (TPSA) is 29.5 Å². The maximum atomic E-state index is 9.61. The molecule has 0 aromatic heterocycles. The summed E-state index contributed by atoms with van der Waals surface area (Å²) in [6.07, 6.45) is 2.88. The summed E-state index contributed by atoms with van der Waals surface area (Å²) in [7, 11) is 0. The molecule has 0 saturated carbocycles. The van der Waals surface area contributed by atoms with E-state index in [-0.39, 0.29) is 6.10 Å². The molecule has 94 valence electrons. The molecule has 1 N–H and O–H groups in total. The fourth-order valence-electron chi connectivity index (χ4n) is 1.77. The van der Waals surface area contributed by atoms with Crippen molar-refractivity contribution in [1.29, 1.82) is 0 Å². The van der Waals surface area contributed by atoms with Crippen LogP contribution in [0.2, 0.25) is 0 Å². The smallest absolute Gasteiger partial charge is 0.0717 e. The molecule has 0 bridgehead atoms. The SMILES string of the molecule is C=CC[C@H](O)C[C@H](C)COCc1ccccc1. The van der Waals surface area contributed by atoms with Crippen molar-refractivity contribution in [3.8, 4) is 0 Å². The Kier molecular flexibility index (Phi) is 6.60. The number of benzene rings is 1. The minimum Gasteiger partial charge on any atom is -0.393 e. The molecule has 2 nitrogen and oxygen atoms in total. The molecular formula is C15H22O2. The van der Waals surface area contributed by atoms with Crippen molar-refractivity contribution in [3.05, 3.63) is 48.6 Å². The largest absolute Gasteiger partial charge is 0.393 e. The monoisotopic (exact) mass is 234 g/mol. The molecule has 0 aliphatic rings. The second kappa shape index (κ2) is 8.04.